The van der Waals surface area contributed by atoms with Gasteiger partial charge in [-0.15, -0.1) is 0 Å². The van der Waals surface area contributed by atoms with Gasteiger partial charge in [0.05, 0.1) is 13.1 Å². The molecule has 0 aliphatic carbocycles. The highest BCUT2D eigenvalue weighted by Gasteiger charge is 2.20. The third-order valence-corrected chi connectivity index (χ3v) is 4.89. The van der Waals surface area contributed by atoms with Crippen LogP contribution in [0, 0.1) is 0 Å². The fraction of sp³-hybridized carbons (Fsp3) is 0.619. The van der Waals surface area contributed by atoms with Gasteiger partial charge in [0.15, 0.2) is 5.96 Å². The van der Waals surface area contributed by atoms with Crippen LogP contribution in [0.15, 0.2) is 29.3 Å². The summed E-state index contributed by atoms with van der Waals surface area (Å²) in [5, 5.41) is 6.86. The lowest BCUT2D eigenvalue weighted by atomic mass is 9.87. The summed E-state index contributed by atoms with van der Waals surface area (Å²) in [5.74, 6) is 0.597. The molecule has 4 N–H and O–H groups in total. The van der Waals surface area contributed by atoms with E-state index in [4.69, 9.17) is 10.7 Å². The summed E-state index contributed by atoms with van der Waals surface area (Å²) in [6.07, 6.45) is 1.97. The molecule has 0 atom stereocenters. The SMILES string of the molecule is CCNC(=NCc1ccc(C(C)(C)C)cc1)NC1CCN(CC(N)=O)CC1. The number of primary amides is 1. The molecule has 1 saturated heterocycles. The highest BCUT2D eigenvalue weighted by Crippen LogP contribution is 2.22. The maximum Gasteiger partial charge on any atom is 0.231 e. The molecule has 2 rings (SSSR count). The molecule has 150 valence electrons. The lowest BCUT2D eigenvalue weighted by molar-refractivity contribution is -0.119. The minimum Gasteiger partial charge on any atom is -0.369 e. The largest absolute Gasteiger partial charge is 0.369 e. The fourth-order valence-electron chi connectivity index (χ4n) is 3.25. The molecule has 1 aromatic rings. The van der Waals surface area contributed by atoms with Gasteiger partial charge in [0.2, 0.25) is 5.91 Å². The number of carbonyl (C=O) groups excluding carboxylic acids is 1. The monoisotopic (exact) mass is 373 g/mol. The van der Waals surface area contributed by atoms with Gasteiger partial charge in [0.1, 0.15) is 0 Å². The van der Waals surface area contributed by atoms with Crippen LogP contribution in [0.25, 0.3) is 0 Å². The zero-order valence-corrected chi connectivity index (χ0v) is 17.2. The maximum atomic E-state index is 11.0. The van der Waals surface area contributed by atoms with Gasteiger partial charge >= 0.3 is 0 Å². The molecule has 0 saturated carbocycles. The number of piperidine rings is 1. The van der Waals surface area contributed by atoms with Gasteiger partial charge in [-0.3, -0.25) is 9.69 Å². The number of hydrogen-bond acceptors (Lipinski definition) is 3. The Morgan fingerprint density at radius 2 is 1.85 bits per heavy atom. The number of aliphatic imine (C=N–C) groups is 1. The average molecular weight is 374 g/mol. The summed E-state index contributed by atoms with van der Waals surface area (Å²) in [6, 6.07) is 9.08. The molecule has 1 aromatic carbocycles. The number of nitrogens with two attached hydrogens (primary N) is 1. The third kappa shape index (κ3) is 7.21. The van der Waals surface area contributed by atoms with Crippen molar-refractivity contribution in [1.29, 1.82) is 0 Å². The lowest BCUT2D eigenvalue weighted by Crippen LogP contribution is -2.49. The Labute approximate surface area is 163 Å². The number of nitrogens with one attached hydrogen (secondary N) is 2. The van der Waals surface area contributed by atoms with Crippen LogP contribution in [0.4, 0.5) is 0 Å². The summed E-state index contributed by atoms with van der Waals surface area (Å²) in [6.45, 7) is 12.3. The number of rotatable bonds is 6. The Kier molecular flexibility index (Phi) is 7.66. The second kappa shape index (κ2) is 9.74. The Balaban J connectivity index is 1.90. The van der Waals surface area contributed by atoms with Crippen molar-refractivity contribution in [3.05, 3.63) is 35.4 Å². The van der Waals surface area contributed by atoms with E-state index < -0.39 is 0 Å². The molecule has 0 aromatic heterocycles. The predicted octanol–water partition coefficient (Wildman–Crippen LogP) is 1.99. The van der Waals surface area contributed by atoms with Crippen LogP contribution in [0.5, 0.6) is 0 Å². The zero-order valence-electron chi connectivity index (χ0n) is 17.2. The van der Waals surface area contributed by atoms with E-state index in [0.717, 1.165) is 38.4 Å². The summed E-state index contributed by atoms with van der Waals surface area (Å²) in [5.41, 5.74) is 7.99. The molecule has 1 fully saturated rings. The quantitative estimate of drug-likeness (QED) is 0.526. The zero-order chi connectivity index (χ0) is 19.9. The first-order valence-corrected chi connectivity index (χ1v) is 9.93. The predicted molar refractivity (Wildman–Crippen MR) is 112 cm³/mol. The van der Waals surface area contributed by atoms with Crippen LogP contribution >= 0.6 is 0 Å². The first kappa shape index (κ1) is 21.2. The van der Waals surface area contributed by atoms with E-state index in [2.05, 4.69) is 67.5 Å². The van der Waals surface area contributed by atoms with Crippen LogP contribution in [0.2, 0.25) is 0 Å². The fourth-order valence-corrected chi connectivity index (χ4v) is 3.25. The molecule has 1 aliphatic rings. The van der Waals surface area contributed by atoms with Gasteiger partial charge in [0, 0.05) is 25.7 Å². The van der Waals surface area contributed by atoms with E-state index in [1.54, 1.807) is 0 Å². The van der Waals surface area contributed by atoms with E-state index >= 15 is 0 Å². The molecular weight excluding hydrogens is 338 g/mol. The normalized spacial score (nSPS) is 17.0. The topological polar surface area (TPSA) is 82.8 Å². The van der Waals surface area contributed by atoms with Crippen molar-refractivity contribution in [1.82, 2.24) is 15.5 Å². The van der Waals surface area contributed by atoms with E-state index in [0.29, 0.717) is 19.1 Å². The average Bonchev–Trinajstić information content (AvgIpc) is 2.61. The highest BCUT2D eigenvalue weighted by atomic mass is 16.1. The van der Waals surface area contributed by atoms with Gasteiger partial charge in [-0.25, -0.2) is 4.99 Å². The molecule has 27 heavy (non-hydrogen) atoms. The van der Waals surface area contributed by atoms with Crippen molar-refractivity contribution in [3.63, 3.8) is 0 Å². The smallest absolute Gasteiger partial charge is 0.231 e. The van der Waals surface area contributed by atoms with Crippen LogP contribution < -0.4 is 16.4 Å². The molecule has 1 amide bonds. The third-order valence-electron chi connectivity index (χ3n) is 4.89. The molecule has 0 bridgehead atoms. The summed E-state index contributed by atoms with van der Waals surface area (Å²) >= 11 is 0. The van der Waals surface area contributed by atoms with Crippen LogP contribution in [0.1, 0.15) is 51.7 Å². The lowest BCUT2D eigenvalue weighted by Gasteiger charge is -2.32. The molecule has 1 aliphatic heterocycles. The molecule has 0 spiro atoms. The highest BCUT2D eigenvalue weighted by molar-refractivity contribution is 5.80. The summed E-state index contributed by atoms with van der Waals surface area (Å²) < 4.78 is 0. The van der Waals surface area contributed by atoms with E-state index in [-0.39, 0.29) is 11.3 Å². The van der Waals surface area contributed by atoms with Gasteiger partial charge in [0.25, 0.3) is 0 Å². The Morgan fingerprint density at radius 3 is 2.37 bits per heavy atom. The minimum atomic E-state index is -0.256. The molecular formula is C21H35N5O. The Bertz CT molecular complexity index is 625. The van der Waals surface area contributed by atoms with Crippen molar-refractivity contribution in [2.45, 2.75) is 58.5 Å². The number of carbonyl (C=O) groups is 1. The number of likely N-dealkylation sites (tertiary alicyclic amines) is 1. The van der Waals surface area contributed by atoms with Crippen molar-refractivity contribution in [3.8, 4) is 0 Å². The van der Waals surface area contributed by atoms with Gasteiger partial charge in [-0.2, -0.15) is 0 Å². The van der Waals surface area contributed by atoms with Gasteiger partial charge in [-0.1, -0.05) is 45.0 Å². The van der Waals surface area contributed by atoms with Crippen molar-refractivity contribution >= 4 is 11.9 Å². The van der Waals surface area contributed by atoms with Crippen LogP contribution in [-0.2, 0) is 16.8 Å². The molecule has 0 radical (unpaired) electrons. The number of nitrogens with zero attached hydrogens (tertiary/aromatic N) is 2. The number of benzene rings is 1. The van der Waals surface area contributed by atoms with Crippen molar-refractivity contribution in [2.24, 2.45) is 10.7 Å². The van der Waals surface area contributed by atoms with E-state index in [1.165, 1.54) is 11.1 Å². The second-order valence-corrected chi connectivity index (χ2v) is 8.30. The summed E-state index contributed by atoms with van der Waals surface area (Å²) in [7, 11) is 0. The number of hydrogen-bond donors (Lipinski definition) is 3. The minimum absolute atomic E-state index is 0.168. The molecule has 6 heteroatoms. The maximum absolute atomic E-state index is 11.0. The van der Waals surface area contributed by atoms with Crippen LogP contribution in [0.3, 0.4) is 0 Å². The Hall–Kier alpha value is -2.08. The first-order valence-electron chi connectivity index (χ1n) is 9.93. The van der Waals surface area contributed by atoms with E-state index in [1.807, 2.05) is 0 Å². The van der Waals surface area contributed by atoms with Crippen LogP contribution in [-0.4, -0.2) is 49.0 Å². The van der Waals surface area contributed by atoms with Gasteiger partial charge in [-0.05, 0) is 36.3 Å². The molecule has 6 nitrogen and oxygen atoms in total. The Morgan fingerprint density at radius 1 is 1.22 bits per heavy atom. The molecule has 0 unspecified atom stereocenters. The van der Waals surface area contributed by atoms with Gasteiger partial charge < -0.3 is 16.4 Å². The van der Waals surface area contributed by atoms with E-state index in [9.17, 15) is 4.79 Å². The number of guanidine groups is 1. The van der Waals surface area contributed by atoms with Crippen molar-refractivity contribution < 1.29 is 4.79 Å². The van der Waals surface area contributed by atoms with Crippen molar-refractivity contribution in [2.75, 3.05) is 26.2 Å². The molecule has 1 heterocycles. The first-order chi connectivity index (χ1) is 12.8. The number of amides is 1. The summed E-state index contributed by atoms with van der Waals surface area (Å²) in [4.78, 5) is 17.9. The second-order valence-electron chi connectivity index (χ2n) is 8.30. The standard InChI is InChI=1S/C21H35N5O/c1-5-23-20(25-18-10-12-26(13-11-18)15-19(22)27)24-14-16-6-8-17(9-7-16)21(2,3)4/h6-9,18H,5,10-15H2,1-4H3,(H2,22,27)(H2,23,24,25).